The number of carbonyl (C=O) groups excluding carboxylic acids is 2. The van der Waals surface area contributed by atoms with Crippen molar-refractivity contribution < 1.29 is 9.59 Å². The van der Waals surface area contributed by atoms with Crippen LogP contribution in [0.5, 0.6) is 0 Å². The minimum Gasteiger partial charge on any atom is -0.341 e. The van der Waals surface area contributed by atoms with Gasteiger partial charge in [0, 0.05) is 50.8 Å². The lowest BCUT2D eigenvalue weighted by Crippen LogP contribution is -2.51. The number of benzene rings is 1. The van der Waals surface area contributed by atoms with Gasteiger partial charge in [-0.05, 0) is 23.3 Å². The quantitative estimate of drug-likeness (QED) is 0.635. The first-order valence-corrected chi connectivity index (χ1v) is 10.8. The van der Waals surface area contributed by atoms with Crippen LogP contribution in [0.15, 0.2) is 54.9 Å². The van der Waals surface area contributed by atoms with Crippen molar-refractivity contribution in [1.29, 1.82) is 0 Å². The lowest BCUT2D eigenvalue weighted by molar-refractivity contribution is -0.140. The first-order valence-electron chi connectivity index (χ1n) is 10.0. The number of rotatable bonds is 5. The fourth-order valence-electron chi connectivity index (χ4n) is 4.02. The molecule has 0 bridgehead atoms. The third-order valence-corrected chi connectivity index (χ3v) is 6.68. The van der Waals surface area contributed by atoms with Gasteiger partial charge in [0.1, 0.15) is 5.01 Å². The maximum atomic E-state index is 12.9. The maximum Gasteiger partial charge on any atom is 0.229 e. The topological polar surface area (TPSA) is 79.3 Å². The number of amides is 2. The van der Waals surface area contributed by atoms with Gasteiger partial charge in [-0.2, -0.15) is 0 Å². The minimum atomic E-state index is -0.308. The molecule has 2 aromatic heterocycles. The summed E-state index contributed by atoms with van der Waals surface area (Å²) in [6.07, 6.45) is 4.48. The van der Waals surface area contributed by atoms with Gasteiger partial charge >= 0.3 is 0 Å². The third-order valence-electron chi connectivity index (χ3n) is 5.73. The standard InChI is InChI=1S/C22H21N5O2S/c28-20-11-17(21(29)26-12-18(13-26)16-6-8-23-9-7-16)14-27(20)22-25-24-19(30-22)10-15-4-2-1-3-5-15/h1-9,17-18H,10-14H2. The van der Waals surface area contributed by atoms with Gasteiger partial charge in [0.15, 0.2) is 0 Å². The number of likely N-dealkylation sites (tertiary alicyclic amines) is 1. The summed E-state index contributed by atoms with van der Waals surface area (Å²) in [6, 6.07) is 14.0. The van der Waals surface area contributed by atoms with Crippen LogP contribution in [0.3, 0.4) is 0 Å². The molecule has 2 fully saturated rings. The monoisotopic (exact) mass is 419 g/mol. The van der Waals surface area contributed by atoms with Crippen LogP contribution in [-0.2, 0) is 16.0 Å². The molecule has 2 aliphatic heterocycles. The third kappa shape index (κ3) is 3.70. The van der Waals surface area contributed by atoms with E-state index in [-0.39, 0.29) is 24.2 Å². The molecule has 1 aromatic carbocycles. The zero-order valence-corrected chi connectivity index (χ0v) is 17.2. The Kier molecular flexibility index (Phi) is 5.00. The summed E-state index contributed by atoms with van der Waals surface area (Å²) in [5.74, 6) is 0.0541. The average molecular weight is 420 g/mol. The van der Waals surface area contributed by atoms with E-state index in [1.165, 1.54) is 16.9 Å². The van der Waals surface area contributed by atoms with E-state index in [0.29, 0.717) is 37.1 Å². The van der Waals surface area contributed by atoms with Crippen molar-refractivity contribution in [2.75, 3.05) is 24.5 Å². The van der Waals surface area contributed by atoms with Crippen molar-refractivity contribution in [3.8, 4) is 0 Å². The lowest BCUT2D eigenvalue weighted by Gasteiger charge is -2.40. The van der Waals surface area contributed by atoms with Crippen LogP contribution in [0.1, 0.15) is 28.5 Å². The van der Waals surface area contributed by atoms with Crippen LogP contribution in [-0.4, -0.2) is 51.5 Å². The van der Waals surface area contributed by atoms with Gasteiger partial charge in [0.2, 0.25) is 16.9 Å². The molecule has 4 heterocycles. The van der Waals surface area contributed by atoms with Crippen molar-refractivity contribution in [1.82, 2.24) is 20.1 Å². The fourth-order valence-corrected chi connectivity index (χ4v) is 4.92. The van der Waals surface area contributed by atoms with Crippen LogP contribution >= 0.6 is 11.3 Å². The highest BCUT2D eigenvalue weighted by molar-refractivity contribution is 7.15. The molecule has 0 aliphatic carbocycles. The molecule has 7 nitrogen and oxygen atoms in total. The second-order valence-electron chi connectivity index (χ2n) is 7.77. The van der Waals surface area contributed by atoms with E-state index < -0.39 is 0 Å². The van der Waals surface area contributed by atoms with Gasteiger partial charge in [0.05, 0.1) is 5.92 Å². The second kappa shape index (κ2) is 7.95. The lowest BCUT2D eigenvalue weighted by atomic mass is 9.90. The Morgan fingerprint density at radius 2 is 1.80 bits per heavy atom. The summed E-state index contributed by atoms with van der Waals surface area (Å²) in [7, 11) is 0. The smallest absolute Gasteiger partial charge is 0.229 e. The molecule has 3 aromatic rings. The molecule has 0 saturated carbocycles. The summed E-state index contributed by atoms with van der Waals surface area (Å²) in [5.41, 5.74) is 2.36. The summed E-state index contributed by atoms with van der Waals surface area (Å²) in [6.45, 7) is 1.79. The number of carbonyl (C=O) groups is 2. The van der Waals surface area contributed by atoms with E-state index in [1.807, 2.05) is 47.4 Å². The van der Waals surface area contributed by atoms with Crippen molar-refractivity contribution in [3.05, 3.63) is 71.0 Å². The highest BCUT2D eigenvalue weighted by Gasteiger charge is 2.42. The molecule has 2 aliphatic rings. The number of nitrogens with zero attached hydrogens (tertiary/aromatic N) is 5. The van der Waals surface area contributed by atoms with E-state index in [2.05, 4.69) is 15.2 Å². The molecule has 0 N–H and O–H groups in total. The number of anilines is 1. The Hall–Kier alpha value is -3.13. The average Bonchev–Trinajstić information content (AvgIpc) is 3.35. The molecule has 2 amide bonds. The molecule has 8 heteroatoms. The Bertz CT molecular complexity index is 1050. The molecular weight excluding hydrogens is 398 g/mol. The molecule has 1 unspecified atom stereocenters. The molecular formula is C22H21N5O2S. The van der Waals surface area contributed by atoms with Crippen molar-refractivity contribution >= 4 is 28.3 Å². The van der Waals surface area contributed by atoms with Crippen molar-refractivity contribution in [2.24, 2.45) is 5.92 Å². The summed E-state index contributed by atoms with van der Waals surface area (Å²) in [5, 5.41) is 9.90. The normalized spacial score (nSPS) is 19.2. The Morgan fingerprint density at radius 1 is 1.03 bits per heavy atom. The van der Waals surface area contributed by atoms with Gasteiger partial charge in [-0.1, -0.05) is 41.7 Å². The molecule has 152 valence electrons. The number of aromatic nitrogens is 3. The molecule has 0 radical (unpaired) electrons. The number of hydrogen-bond acceptors (Lipinski definition) is 6. The van der Waals surface area contributed by atoms with E-state index in [9.17, 15) is 9.59 Å². The predicted molar refractivity (Wildman–Crippen MR) is 113 cm³/mol. The first-order chi connectivity index (χ1) is 14.7. The summed E-state index contributed by atoms with van der Waals surface area (Å²) >= 11 is 1.42. The summed E-state index contributed by atoms with van der Waals surface area (Å²) in [4.78, 5) is 32.9. The van der Waals surface area contributed by atoms with Crippen LogP contribution in [0, 0.1) is 5.92 Å². The largest absolute Gasteiger partial charge is 0.341 e. The molecule has 2 saturated heterocycles. The maximum absolute atomic E-state index is 12.9. The zero-order valence-electron chi connectivity index (χ0n) is 16.3. The van der Waals surface area contributed by atoms with Gasteiger partial charge in [-0.15, -0.1) is 10.2 Å². The Balaban J connectivity index is 1.19. The van der Waals surface area contributed by atoms with Gasteiger partial charge in [0.25, 0.3) is 0 Å². The van der Waals surface area contributed by atoms with E-state index in [1.54, 1.807) is 17.3 Å². The minimum absolute atomic E-state index is 0.0537. The molecule has 0 spiro atoms. The van der Waals surface area contributed by atoms with Gasteiger partial charge in [-0.3, -0.25) is 19.5 Å². The number of hydrogen-bond donors (Lipinski definition) is 0. The van der Waals surface area contributed by atoms with Crippen LogP contribution in [0.2, 0.25) is 0 Å². The Morgan fingerprint density at radius 3 is 2.57 bits per heavy atom. The summed E-state index contributed by atoms with van der Waals surface area (Å²) < 4.78 is 0. The van der Waals surface area contributed by atoms with Crippen molar-refractivity contribution in [2.45, 2.75) is 18.8 Å². The fraction of sp³-hybridized carbons (Fsp3) is 0.318. The van der Waals surface area contributed by atoms with Crippen LogP contribution in [0.4, 0.5) is 5.13 Å². The highest BCUT2D eigenvalue weighted by atomic mass is 32.1. The highest BCUT2D eigenvalue weighted by Crippen LogP contribution is 2.33. The van der Waals surface area contributed by atoms with E-state index in [4.69, 9.17) is 0 Å². The van der Waals surface area contributed by atoms with Gasteiger partial charge in [-0.25, -0.2) is 0 Å². The van der Waals surface area contributed by atoms with Crippen LogP contribution in [0.25, 0.3) is 0 Å². The SMILES string of the molecule is O=C(C1CC(=O)N(c2nnc(Cc3ccccc3)s2)C1)N1CC(c2ccncc2)C1. The Labute approximate surface area is 178 Å². The van der Waals surface area contributed by atoms with Crippen LogP contribution < -0.4 is 4.90 Å². The number of pyridine rings is 1. The second-order valence-corrected chi connectivity index (χ2v) is 8.81. The first kappa shape index (κ1) is 18.9. The molecule has 1 atom stereocenters. The van der Waals surface area contributed by atoms with E-state index >= 15 is 0 Å². The van der Waals surface area contributed by atoms with Gasteiger partial charge < -0.3 is 4.90 Å². The zero-order chi connectivity index (χ0) is 20.5. The predicted octanol–water partition coefficient (Wildman–Crippen LogP) is 2.50. The van der Waals surface area contributed by atoms with E-state index in [0.717, 1.165) is 10.6 Å². The molecule has 5 rings (SSSR count). The van der Waals surface area contributed by atoms with Crippen molar-refractivity contribution in [3.63, 3.8) is 0 Å². The molecule has 30 heavy (non-hydrogen) atoms.